The second-order valence-corrected chi connectivity index (χ2v) is 5.09. The van der Waals surface area contributed by atoms with E-state index in [9.17, 15) is 23.1 Å². The van der Waals surface area contributed by atoms with Crippen LogP contribution in [0.15, 0.2) is 12.3 Å². The number of hydrogen-bond donors (Lipinski definition) is 2. The third-order valence-corrected chi connectivity index (χ3v) is 3.56. The van der Waals surface area contributed by atoms with Crippen molar-refractivity contribution in [3.63, 3.8) is 0 Å². The number of nitrogens with two attached hydrogens (primary N) is 1. The summed E-state index contributed by atoms with van der Waals surface area (Å²) in [6.45, 7) is 1.12. The van der Waals surface area contributed by atoms with Gasteiger partial charge in [-0.3, -0.25) is 4.79 Å². The molecular formula is C13H16F3N3O2. The van der Waals surface area contributed by atoms with Gasteiger partial charge in [0.05, 0.1) is 11.1 Å². The predicted octanol–water partition coefficient (Wildman–Crippen LogP) is 1.41. The minimum Gasteiger partial charge on any atom is -0.396 e. The Balaban J connectivity index is 2.34. The maximum atomic E-state index is 12.8. The Labute approximate surface area is 119 Å². The van der Waals surface area contributed by atoms with E-state index < -0.39 is 23.2 Å². The molecule has 1 aliphatic heterocycles. The van der Waals surface area contributed by atoms with Crippen LogP contribution in [0.2, 0.25) is 0 Å². The van der Waals surface area contributed by atoms with Crippen molar-refractivity contribution in [2.45, 2.75) is 19.0 Å². The van der Waals surface area contributed by atoms with Gasteiger partial charge < -0.3 is 15.7 Å². The van der Waals surface area contributed by atoms with Crippen LogP contribution in [0.5, 0.6) is 0 Å². The van der Waals surface area contributed by atoms with Gasteiger partial charge in [0.2, 0.25) is 5.91 Å². The molecule has 0 aromatic carbocycles. The van der Waals surface area contributed by atoms with Crippen LogP contribution in [-0.2, 0) is 6.18 Å². The van der Waals surface area contributed by atoms with E-state index in [1.165, 1.54) is 0 Å². The lowest BCUT2D eigenvalue weighted by Crippen LogP contribution is -2.37. The Morgan fingerprint density at radius 1 is 1.52 bits per heavy atom. The monoisotopic (exact) mass is 303 g/mol. The molecule has 1 atom stereocenters. The van der Waals surface area contributed by atoms with Gasteiger partial charge in [-0.15, -0.1) is 0 Å². The number of halogens is 3. The lowest BCUT2D eigenvalue weighted by molar-refractivity contribution is -0.138. The molecule has 1 saturated heterocycles. The maximum absolute atomic E-state index is 12.8. The average molecular weight is 303 g/mol. The molecule has 1 aromatic rings. The summed E-state index contributed by atoms with van der Waals surface area (Å²) in [7, 11) is 0. The molecule has 0 spiro atoms. The van der Waals surface area contributed by atoms with E-state index in [4.69, 9.17) is 5.73 Å². The highest BCUT2D eigenvalue weighted by atomic mass is 19.4. The number of anilines is 1. The number of hydrogen-bond acceptors (Lipinski definition) is 4. The zero-order valence-electron chi connectivity index (χ0n) is 11.2. The molecule has 116 valence electrons. The van der Waals surface area contributed by atoms with Crippen molar-refractivity contribution >= 4 is 11.7 Å². The molecule has 1 unspecified atom stereocenters. The number of primary amides is 1. The van der Waals surface area contributed by atoms with E-state index in [2.05, 4.69) is 4.98 Å². The third kappa shape index (κ3) is 3.44. The molecule has 8 heteroatoms. The fourth-order valence-electron chi connectivity index (χ4n) is 2.47. The fraction of sp³-hybridized carbons (Fsp3) is 0.538. The van der Waals surface area contributed by atoms with Crippen LogP contribution in [0, 0.1) is 5.92 Å². The lowest BCUT2D eigenvalue weighted by atomic mass is 9.99. The molecule has 21 heavy (non-hydrogen) atoms. The van der Waals surface area contributed by atoms with Gasteiger partial charge in [0.25, 0.3) is 0 Å². The second kappa shape index (κ2) is 5.88. The molecule has 3 N–H and O–H groups in total. The van der Waals surface area contributed by atoms with Gasteiger partial charge in [0, 0.05) is 25.9 Å². The number of carbonyl (C=O) groups is 1. The van der Waals surface area contributed by atoms with E-state index in [1.807, 2.05) is 0 Å². The smallest absolute Gasteiger partial charge is 0.396 e. The van der Waals surface area contributed by atoms with Crippen LogP contribution >= 0.6 is 0 Å². The zero-order valence-corrected chi connectivity index (χ0v) is 11.2. The SMILES string of the molecule is NC(=O)c1cc(N2CCCC(CO)C2)ncc1C(F)(F)F. The molecule has 1 fully saturated rings. The second-order valence-electron chi connectivity index (χ2n) is 5.09. The normalized spacial score (nSPS) is 19.6. The standard InChI is InChI=1S/C13H16F3N3O2/c14-13(15,16)10-5-18-11(4-9(10)12(17)21)19-3-1-2-8(6-19)7-20/h4-5,8,20H,1-3,6-7H2,(H2,17,21). The topological polar surface area (TPSA) is 79.5 Å². The summed E-state index contributed by atoms with van der Waals surface area (Å²) in [5.74, 6) is -0.809. The minimum atomic E-state index is -4.68. The summed E-state index contributed by atoms with van der Waals surface area (Å²) >= 11 is 0. The van der Waals surface area contributed by atoms with Crippen molar-refractivity contribution in [1.29, 1.82) is 0 Å². The Kier molecular flexibility index (Phi) is 4.36. The first-order chi connectivity index (χ1) is 9.82. The molecule has 1 aromatic heterocycles. The first kappa shape index (κ1) is 15.6. The van der Waals surface area contributed by atoms with Gasteiger partial charge in [0.1, 0.15) is 5.82 Å². The molecular weight excluding hydrogens is 287 g/mol. The van der Waals surface area contributed by atoms with Crippen molar-refractivity contribution in [2.75, 3.05) is 24.6 Å². The Morgan fingerprint density at radius 2 is 2.24 bits per heavy atom. The third-order valence-electron chi connectivity index (χ3n) is 3.56. The first-order valence-electron chi connectivity index (χ1n) is 6.55. The first-order valence-corrected chi connectivity index (χ1v) is 6.55. The average Bonchev–Trinajstić information content (AvgIpc) is 2.45. The van der Waals surface area contributed by atoms with Crippen molar-refractivity contribution in [1.82, 2.24) is 4.98 Å². The fourth-order valence-corrected chi connectivity index (χ4v) is 2.47. The van der Waals surface area contributed by atoms with E-state index in [1.54, 1.807) is 4.90 Å². The number of rotatable bonds is 3. The molecule has 0 radical (unpaired) electrons. The van der Waals surface area contributed by atoms with Crippen LogP contribution in [0.1, 0.15) is 28.8 Å². The minimum absolute atomic E-state index is 0.0137. The number of alkyl halides is 3. The highest BCUT2D eigenvalue weighted by molar-refractivity contribution is 5.95. The van der Waals surface area contributed by atoms with E-state index >= 15 is 0 Å². The summed E-state index contributed by atoms with van der Waals surface area (Å²) in [4.78, 5) is 16.8. The van der Waals surface area contributed by atoms with Crippen molar-refractivity contribution in [3.8, 4) is 0 Å². The summed E-state index contributed by atoms with van der Waals surface area (Å²) in [5.41, 5.74) is 3.32. The van der Waals surface area contributed by atoms with Gasteiger partial charge >= 0.3 is 6.18 Å². The van der Waals surface area contributed by atoms with Gasteiger partial charge in [-0.25, -0.2) is 4.98 Å². The Bertz CT molecular complexity index is 534. The van der Waals surface area contributed by atoms with Crippen LogP contribution in [-0.4, -0.2) is 35.7 Å². The number of piperidine rings is 1. The number of nitrogens with zero attached hydrogens (tertiary/aromatic N) is 2. The Hall–Kier alpha value is -1.83. The van der Waals surface area contributed by atoms with Gasteiger partial charge in [0.15, 0.2) is 0 Å². The Morgan fingerprint density at radius 3 is 2.81 bits per heavy atom. The predicted molar refractivity (Wildman–Crippen MR) is 69.8 cm³/mol. The van der Waals surface area contributed by atoms with Crippen LogP contribution < -0.4 is 10.6 Å². The van der Waals surface area contributed by atoms with Gasteiger partial charge in [-0.2, -0.15) is 13.2 Å². The molecule has 1 aliphatic rings. The highest BCUT2D eigenvalue weighted by Crippen LogP contribution is 2.33. The molecule has 5 nitrogen and oxygen atoms in total. The summed E-state index contributed by atoms with van der Waals surface area (Å²) in [6.07, 6.45) is -2.38. The van der Waals surface area contributed by atoms with Crippen LogP contribution in [0.25, 0.3) is 0 Å². The number of aromatic nitrogens is 1. The van der Waals surface area contributed by atoms with Crippen molar-refractivity contribution < 1.29 is 23.1 Å². The van der Waals surface area contributed by atoms with Crippen LogP contribution in [0.3, 0.4) is 0 Å². The number of carbonyl (C=O) groups excluding carboxylic acids is 1. The molecule has 0 aliphatic carbocycles. The summed E-state index contributed by atoms with van der Waals surface area (Å²) in [6, 6.07) is 1.07. The van der Waals surface area contributed by atoms with Crippen molar-refractivity contribution in [2.24, 2.45) is 11.7 Å². The molecule has 2 heterocycles. The summed E-state index contributed by atoms with van der Waals surface area (Å²) < 4.78 is 38.4. The largest absolute Gasteiger partial charge is 0.418 e. The molecule has 2 rings (SSSR count). The van der Waals surface area contributed by atoms with Crippen molar-refractivity contribution in [3.05, 3.63) is 23.4 Å². The zero-order chi connectivity index (χ0) is 15.6. The summed E-state index contributed by atoms with van der Waals surface area (Å²) in [5, 5.41) is 9.18. The lowest BCUT2D eigenvalue weighted by Gasteiger charge is -2.33. The van der Waals surface area contributed by atoms with E-state index in [-0.39, 0.29) is 18.3 Å². The number of amides is 1. The van der Waals surface area contributed by atoms with E-state index in [0.29, 0.717) is 19.3 Å². The molecule has 0 saturated carbocycles. The number of aliphatic hydroxyl groups is 1. The quantitative estimate of drug-likeness (QED) is 0.885. The number of pyridine rings is 1. The van der Waals surface area contributed by atoms with E-state index in [0.717, 1.165) is 18.9 Å². The molecule has 1 amide bonds. The highest BCUT2D eigenvalue weighted by Gasteiger charge is 2.36. The number of aliphatic hydroxyl groups excluding tert-OH is 1. The molecule has 0 bridgehead atoms. The van der Waals surface area contributed by atoms with Crippen LogP contribution in [0.4, 0.5) is 19.0 Å². The van der Waals surface area contributed by atoms with Gasteiger partial charge in [-0.1, -0.05) is 0 Å². The van der Waals surface area contributed by atoms with Gasteiger partial charge in [-0.05, 0) is 24.8 Å². The maximum Gasteiger partial charge on any atom is 0.418 e.